The minimum absolute atomic E-state index is 0.137. The van der Waals surface area contributed by atoms with Crippen molar-refractivity contribution in [1.29, 1.82) is 0 Å². The highest BCUT2D eigenvalue weighted by Crippen LogP contribution is 2.28. The van der Waals surface area contributed by atoms with Gasteiger partial charge in [-0.25, -0.2) is 0 Å². The van der Waals surface area contributed by atoms with Crippen molar-refractivity contribution in [2.45, 2.75) is 64.8 Å². The maximum Gasteiger partial charge on any atom is 0.274 e. The standard InChI is InChI=1S/C26H38N4O/c1-20-8-4-5-9-23(20)14-17-29-15-12-22(13-16-29)19-30(24-10-6-7-11-24)26(31)25-18-21(2)28(3)27-25/h4-5,8-9,18,22,24H,6-7,10-17,19H2,1-3H3. The third-order valence-corrected chi connectivity index (χ3v) is 7.48. The summed E-state index contributed by atoms with van der Waals surface area (Å²) in [5.74, 6) is 0.738. The van der Waals surface area contributed by atoms with E-state index in [2.05, 4.69) is 46.1 Å². The van der Waals surface area contributed by atoms with Crippen LogP contribution < -0.4 is 0 Å². The van der Waals surface area contributed by atoms with Crippen molar-refractivity contribution in [2.75, 3.05) is 26.2 Å². The summed E-state index contributed by atoms with van der Waals surface area (Å²) in [5.41, 5.74) is 4.51. The van der Waals surface area contributed by atoms with Gasteiger partial charge in [0.25, 0.3) is 5.91 Å². The molecule has 1 aromatic carbocycles. The molecule has 5 heteroatoms. The predicted octanol–water partition coefficient (Wildman–Crippen LogP) is 4.38. The number of benzene rings is 1. The lowest BCUT2D eigenvalue weighted by molar-refractivity contribution is 0.0592. The molecule has 1 amide bonds. The molecule has 2 fully saturated rings. The highest BCUT2D eigenvalue weighted by Gasteiger charge is 2.32. The highest BCUT2D eigenvalue weighted by atomic mass is 16.2. The topological polar surface area (TPSA) is 41.4 Å². The smallest absolute Gasteiger partial charge is 0.274 e. The summed E-state index contributed by atoms with van der Waals surface area (Å²) in [6.07, 6.45) is 8.28. The van der Waals surface area contributed by atoms with Gasteiger partial charge in [-0.1, -0.05) is 37.1 Å². The lowest BCUT2D eigenvalue weighted by atomic mass is 9.94. The van der Waals surface area contributed by atoms with Crippen LogP contribution >= 0.6 is 0 Å². The number of aromatic nitrogens is 2. The zero-order chi connectivity index (χ0) is 21.8. The lowest BCUT2D eigenvalue weighted by Crippen LogP contribution is -2.45. The lowest BCUT2D eigenvalue weighted by Gasteiger charge is -2.37. The number of piperidine rings is 1. The molecule has 2 aromatic rings. The number of aryl methyl sites for hydroxylation is 3. The number of hydrogen-bond donors (Lipinski definition) is 0. The van der Waals surface area contributed by atoms with Gasteiger partial charge in [0, 0.05) is 31.9 Å². The molecule has 5 nitrogen and oxygen atoms in total. The molecule has 31 heavy (non-hydrogen) atoms. The minimum Gasteiger partial charge on any atom is -0.334 e. The Hall–Kier alpha value is -2.14. The van der Waals surface area contributed by atoms with Crippen LogP contribution in [0, 0.1) is 19.8 Å². The number of nitrogens with zero attached hydrogens (tertiary/aromatic N) is 4. The van der Waals surface area contributed by atoms with Gasteiger partial charge >= 0.3 is 0 Å². The van der Waals surface area contributed by atoms with E-state index in [9.17, 15) is 4.79 Å². The highest BCUT2D eigenvalue weighted by molar-refractivity contribution is 5.92. The van der Waals surface area contributed by atoms with E-state index in [-0.39, 0.29) is 5.91 Å². The molecule has 2 heterocycles. The molecule has 1 aromatic heterocycles. The van der Waals surface area contributed by atoms with Crippen molar-refractivity contribution in [1.82, 2.24) is 19.6 Å². The normalized spacial score (nSPS) is 18.5. The van der Waals surface area contributed by atoms with Crippen molar-refractivity contribution in [3.63, 3.8) is 0 Å². The van der Waals surface area contributed by atoms with Crippen LogP contribution in [-0.4, -0.2) is 57.7 Å². The van der Waals surface area contributed by atoms with Gasteiger partial charge in [-0.2, -0.15) is 5.10 Å². The number of carbonyl (C=O) groups excluding carboxylic acids is 1. The summed E-state index contributed by atoms with van der Waals surface area (Å²) in [6.45, 7) is 8.54. The van der Waals surface area contributed by atoms with Gasteiger partial charge in [0.2, 0.25) is 0 Å². The quantitative estimate of drug-likeness (QED) is 0.665. The molecule has 1 aliphatic heterocycles. The van der Waals surface area contributed by atoms with Crippen molar-refractivity contribution < 1.29 is 4.79 Å². The Labute approximate surface area is 187 Å². The number of hydrogen-bond acceptors (Lipinski definition) is 3. The SMILES string of the molecule is Cc1ccccc1CCN1CCC(CN(C(=O)c2cc(C)n(C)n2)C2CCCC2)CC1. The monoisotopic (exact) mass is 422 g/mol. The van der Waals surface area contributed by atoms with Gasteiger partial charge < -0.3 is 9.80 Å². The first-order valence-electron chi connectivity index (χ1n) is 12.1. The zero-order valence-electron chi connectivity index (χ0n) is 19.5. The van der Waals surface area contributed by atoms with Crippen LogP contribution in [0.4, 0.5) is 0 Å². The summed E-state index contributed by atoms with van der Waals surface area (Å²) in [4.78, 5) is 18.2. The predicted molar refractivity (Wildman–Crippen MR) is 125 cm³/mol. The average Bonchev–Trinajstić information content (AvgIpc) is 3.42. The molecule has 1 saturated carbocycles. The molecular weight excluding hydrogens is 384 g/mol. The fourth-order valence-corrected chi connectivity index (χ4v) is 5.27. The molecule has 168 valence electrons. The van der Waals surface area contributed by atoms with Crippen molar-refractivity contribution in [3.8, 4) is 0 Å². The Morgan fingerprint density at radius 1 is 1.10 bits per heavy atom. The molecule has 0 spiro atoms. The van der Waals surface area contributed by atoms with E-state index in [0.717, 1.165) is 51.1 Å². The molecule has 0 atom stereocenters. The molecule has 0 bridgehead atoms. The van der Waals surface area contributed by atoms with Gasteiger partial charge in [0.15, 0.2) is 5.69 Å². The fraction of sp³-hybridized carbons (Fsp3) is 0.615. The summed E-state index contributed by atoms with van der Waals surface area (Å²) in [6, 6.07) is 11.1. The van der Waals surface area contributed by atoms with Gasteiger partial charge in [-0.15, -0.1) is 0 Å². The summed E-state index contributed by atoms with van der Waals surface area (Å²) in [5, 5.41) is 4.49. The van der Waals surface area contributed by atoms with Gasteiger partial charge in [-0.3, -0.25) is 9.48 Å². The molecule has 0 N–H and O–H groups in total. The molecule has 0 radical (unpaired) electrons. The van der Waals surface area contributed by atoms with E-state index < -0.39 is 0 Å². The van der Waals surface area contributed by atoms with Crippen molar-refractivity contribution in [3.05, 3.63) is 52.8 Å². The van der Waals surface area contributed by atoms with Crippen LogP contribution in [0.1, 0.15) is 65.8 Å². The van der Waals surface area contributed by atoms with Crippen LogP contribution in [-0.2, 0) is 13.5 Å². The first-order valence-corrected chi connectivity index (χ1v) is 12.1. The van der Waals surface area contributed by atoms with E-state index in [0.29, 0.717) is 17.7 Å². The maximum atomic E-state index is 13.4. The van der Waals surface area contributed by atoms with E-state index in [4.69, 9.17) is 0 Å². The number of carbonyl (C=O) groups is 1. The van der Waals surface area contributed by atoms with Gasteiger partial charge in [0.05, 0.1) is 0 Å². The fourth-order valence-electron chi connectivity index (χ4n) is 5.27. The molecule has 0 unspecified atom stereocenters. The number of rotatable bonds is 7. The van der Waals surface area contributed by atoms with Crippen LogP contribution in [0.15, 0.2) is 30.3 Å². The van der Waals surface area contributed by atoms with Crippen LogP contribution in [0.5, 0.6) is 0 Å². The summed E-state index contributed by atoms with van der Waals surface area (Å²) >= 11 is 0. The molecule has 1 saturated heterocycles. The van der Waals surface area contributed by atoms with E-state index in [1.165, 1.54) is 36.8 Å². The second-order valence-electron chi connectivity index (χ2n) is 9.65. The largest absolute Gasteiger partial charge is 0.334 e. The van der Waals surface area contributed by atoms with Gasteiger partial charge in [0.1, 0.15) is 0 Å². The molecule has 4 rings (SSSR count). The van der Waals surface area contributed by atoms with Crippen molar-refractivity contribution >= 4 is 5.91 Å². The van der Waals surface area contributed by atoms with E-state index in [1.807, 2.05) is 24.7 Å². The van der Waals surface area contributed by atoms with Crippen LogP contribution in [0.3, 0.4) is 0 Å². The Morgan fingerprint density at radius 2 is 1.81 bits per heavy atom. The summed E-state index contributed by atoms with van der Waals surface area (Å²) < 4.78 is 1.81. The molecule has 1 aliphatic carbocycles. The number of likely N-dealkylation sites (tertiary alicyclic amines) is 1. The zero-order valence-corrected chi connectivity index (χ0v) is 19.5. The van der Waals surface area contributed by atoms with Crippen LogP contribution in [0.25, 0.3) is 0 Å². The Kier molecular flexibility index (Phi) is 7.11. The van der Waals surface area contributed by atoms with E-state index >= 15 is 0 Å². The first-order chi connectivity index (χ1) is 15.0. The third kappa shape index (κ3) is 5.38. The van der Waals surface area contributed by atoms with E-state index in [1.54, 1.807) is 0 Å². The Morgan fingerprint density at radius 3 is 2.45 bits per heavy atom. The number of amides is 1. The first kappa shape index (κ1) is 22.1. The third-order valence-electron chi connectivity index (χ3n) is 7.48. The second kappa shape index (κ2) is 9.99. The molecule has 2 aliphatic rings. The Balaban J connectivity index is 1.33. The Bertz CT molecular complexity index is 856. The maximum absolute atomic E-state index is 13.4. The van der Waals surface area contributed by atoms with Crippen LogP contribution in [0.2, 0.25) is 0 Å². The second-order valence-corrected chi connectivity index (χ2v) is 9.65. The minimum atomic E-state index is 0.137. The van der Waals surface area contributed by atoms with Gasteiger partial charge in [-0.05, 0) is 82.2 Å². The van der Waals surface area contributed by atoms with Crippen molar-refractivity contribution in [2.24, 2.45) is 13.0 Å². The average molecular weight is 423 g/mol. The molecular formula is C26H38N4O. The summed E-state index contributed by atoms with van der Waals surface area (Å²) in [7, 11) is 1.92.